The second-order valence-electron chi connectivity index (χ2n) is 3.10. The van der Waals surface area contributed by atoms with Crippen molar-refractivity contribution in [2.24, 2.45) is 5.73 Å². The van der Waals surface area contributed by atoms with Crippen LogP contribution in [0.2, 0.25) is 0 Å². The SMILES string of the molecule is NCC1Oc2c(F)cc(Br)cc2NC1=O. The largest absolute Gasteiger partial charge is 0.474 e. The topological polar surface area (TPSA) is 64.3 Å². The number of carbonyl (C=O) groups is 1. The van der Waals surface area contributed by atoms with E-state index in [0.29, 0.717) is 10.2 Å². The van der Waals surface area contributed by atoms with Gasteiger partial charge in [-0.2, -0.15) is 0 Å². The van der Waals surface area contributed by atoms with E-state index in [0.717, 1.165) is 0 Å². The number of halogens is 2. The first-order chi connectivity index (χ1) is 7.11. The molecule has 6 heteroatoms. The van der Waals surface area contributed by atoms with Gasteiger partial charge >= 0.3 is 0 Å². The van der Waals surface area contributed by atoms with Crippen LogP contribution in [0.3, 0.4) is 0 Å². The first kappa shape index (κ1) is 10.4. The molecule has 1 atom stereocenters. The Hall–Kier alpha value is -1.14. The summed E-state index contributed by atoms with van der Waals surface area (Å²) >= 11 is 3.12. The molecule has 1 aromatic carbocycles. The molecule has 1 unspecified atom stereocenters. The average molecular weight is 275 g/mol. The quantitative estimate of drug-likeness (QED) is 0.810. The maximum Gasteiger partial charge on any atom is 0.266 e. The van der Waals surface area contributed by atoms with Crippen LogP contribution in [0.25, 0.3) is 0 Å². The van der Waals surface area contributed by atoms with Crippen molar-refractivity contribution < 1.29 is 13.9 Å². The van der Waals surface area contributed by atoms with Crippen LogP contribution >= 0.6 is 15.9 Å². The Labute approximate surface area is 93.7 Å². The Morgan fingerprint density at radius 2 is 2.33 bits per heavy atom. The van der Waals surface area contributed by atoms with Crippen molar-refractivity contribution in [2.45, 2.75) is 6.10 Å². The van der Waals surface area contributed by atoms with Crippen LogP contribution in [0.15, 0.2) is 16.6 Å². The Bertz CT molecular complexity index is 425. The van der Waals surface area contributed by atoms with Gasteiger partial charge in [0.1, 0.15) is 0 Å². The minimum atomic E-state index is -0.826. The minimum absolute atomic E-state index is 0.0147. The van der Waals surface area contributed by atoms with Gasteiger partial charge in [-0.15, -0.1) is 0 Å². The molecule has 1 heterocycles. The fourth-order valence-corrected chi connectivity index (χ4v) is 1.77. The minimum Gasteiger partial charge on any atom is -0.474 e. The van der Waals surface area contributed by atoms with Crippen molar-refractivity contribution in [3.05, 3.63) is 22.4 Å². The number of amides is 1. The highest BCUT2D eigenvalue weighted by atomic mass is 79.9. The van der Waals surface area contributed by atoms with E-state index in [4.69, 9.17) is 10.5 Å². The maximum atomic E-state index is 13.4. The molecule has 0 saturated heterocycles. The van der Waals surface area contributed by atoms with Crippen LogP contribution in [0, 0.1) is 5.82 Å². The number of anilines is 1. The predicted octanol–water partition coefficient (Wildman–Crippen LogP) is 1.25. The van der Waals surface area contributed by atoms with Gasteiger partial charge in [0, 0.05) is 11.0 Å². The number of hydrogen-bond acceptors (Lipinski definition) is 3. The number of benzene rings is 1. The summed E-state index contributed by atoms with van der Waals surface area (Å²) in [6, 6.07) is 2.84. The molecule has 15 heavy (non-hydrogen) atoms. The van der Waals surface area contributed by atoms with E-state index in [9.17, 15) is 9.18 Å². The zero-order chi connectivity index (χ0) is 11.0. The lowest BCUT2D eigenvalue weighted by atomic mass is 10.2. The van der Waals surface area contributed by atoms with Crippen molar-refractivity contribution in [1.82, 2.24) is 0 Å². The number of nitrogens with one attached hydrogen (secondary N) is 1. The fourth-order valence-electron chi connectivity index (χ4n) is 1.34. The number of hydrogen-bond donors (Lipinski definition) is 2. The second kappa shape index (κ2) is 3.79. The van der Waals surface area contributed by atoms with Gasteiger partial charge in [0.25, 0.3) is 5.91 Å². The van der Waals surface area contributed by atoms with Crippen LogP contribution in [0.1, 0.15) is 0 Å². The molecular formula is C9H8BrFN2O2. The Balaban J connectivity index is 2.45. The van der Waals surface area contributed by atoms with E-state index in [1.54, 1.807) is 6.07 Å². The van der Waals surface area contributed by atoms with E-state index >= 15 is 0 Å². The van der Waals surface area contributed by atoms with Crippen LogP contribution in [-0.4, -0.2) is 18.6 Å². The summed E-state index contributed by atoms with van der Waals surface area (Å²) in [5.41, 5.74) is 5.63. The molecule has 0 aromatic heterocycles. The molecule has 0 fully saturated rings. The summed E-state index contributed by atoms with van der Waals surface area (Å²) in [6.07, 6.45) is -0.826. The average Bonchev–Trinajstić information content (AvgIpc) is 2.16. The highest BCUT2D eigenvalue weighted by Crippen LogP contribution is 2.34. The highest BCUT2D eigenvalue weighted by molar-refractivity contribution is 9.10. The Morgan fingerprint density at radius 3 is 3.00 bits per heavy atom. The number of fused-ring (bicyclic) bond motifs is 1. The Morgan fingerprint density at radius 1 is 1.60 bits per heavy atom. The van der Waals surface area contributed by atoms with E-state index in [-0.39, 0.29) is 18.2 Å². The summed E-state index contributed by atoms with van der Waals surface area (Å²) in [4.78, 5) is 11.4. The second-order valence-corrected chi connectivity index (χ2v) is 4.01. The van der Waals surface area contributed by atoms with Crippen molar-refractivity contribution in [1.29, 1.82) is 0 Å². The molecule has 0 radical (unpaired) electrons. The zero-order valence-electron chi connectivity index (χ0n) is 7.59. The van der Waals surface area contributed by atoms with E-state index in [2.05, 4.69) is 21.2 Å². The van der Waals surface area contributed by atoms with Gasteiger partial charge in [-0.25, -0.2) is 4.39 Å². The zero-order valence-corrected chi connectivity index (χ0v) is 9.17. The lowest BCUT2D eigenvalue weighted by molar-refractivity contribution is -0.123. The summed E-state index contributed by atoms with van der Waals surface area (Å²) in [7, 11) is 0. The third-order valence-corrected chi connectivity index (χ3v) is 2.49. The number of carbonyl (C=O) groups excluding carboxylic acids is 1. The number of ether oxygens (including phenoxy) is 1. The summed E-state index contributed by atoms with van der Waals surface area (Å²) in [5.74, 6) is -0.853. The smallest absolute Gasteiger partial charge is 0.266 e. The van der Waals surface area contributed by atoms with E-state index in [1.807, 2.05) is 0 Å². The molecule has 1 aliphatic rings. The molecule has 1 amide bonds. The van der Waals surface area contributed by atoms with E-state index < -0.39 is 11.9 Å². The molecule has 80 valence electrons. The third-order valence-electron chi connectivity index (χ3n) is 2.03. The lowest BCUT2D eigenvalue weighted by Gasteiger charge is -2.25. The van der Waals surface area contributed by atoms with Gasteiger partial charge in [-0.1, -0.05) is 15.9 Å². The van der Waals surface area contributed by atoms with Gasteiger partial charge in [-0.05, 0) is 12.1 Å². The first-order valence-electron chi connectivity index (χ1n) is 4.28. The number of nitrogens with two attached hydrogens (primary N) is 1. The van der Waals surface area contributed by atoms with Crippen LogP contribution in [-0.2, 0) is 4.79 Å². The molecule has 0 bridgehead atoms. The molecule has 2 rings (SSSR count). The number of rotatable bonds is 1. The lowest BCUT2D eigenvalue weighted by Crippen LogP contribution is -2.42. The molecule has 0 saturated carbocycles. The van der Waals surface area contributed by atoms with Crippen molar-refractivity contribution in [3.63, 3.8) is 0 Å². The summed E-state index contributed by atoms with van der Waals surface area (Å²) in [6.45, 7) is 0.0147. The summed E-state index contributed by atoms with van der Waals surface area (Å²) < 4.78 is 19.1. The van der Waals surface area contributed by atoms with E-state index in [1.165, 1.54) is 6.07 Å². The van der Waals surface area contributed by atoms with Crippen molar-refractivity contribution in [3.8, 4) is 5.75 Å². The van der Waals surface area contributed by atoms with Gasteiger partial charge in [0.2, 0.25) is 0 Å². The van der Waals surface area contributed by atoms with Crippen LogP contribution in [0.5, 0.6) is 5.75 Å². The molecule has 0 aliphatic carbocycles. The van der Waals surface area contributed by atoms with Crippen molar-refractivity contribution in [2.75, 3.05) is 11.9 Å². The van der Waals surface area contributed by atoms with Gasteiger partial charge < -0.3 is 15.8 Å². The third kappa shape index (κ3) is 1.82. The standard InChI is InChI=1S/C9H8BrFN2O2/c10-4-1-5(11)8-6(2-4)13-9(14)7(3-12)15-8/h1-2,7H,3,12H2,(H,13,14). The summed E-state index contributed by atoms with van der Waals surface area (Å²) in [5, 5.41) is 2.53. The van der Waals surface area contributed by atoms with Crippen LogP contribution < -0.4 is 15.8 Å². The Kier molecular flexibility index (Phi) is 2.62. The molecular weight excluding hydrogens is 267 g/mol. The highest BCUT2D eigenvalue weighted by Gasteiger charge is 2.28. The van der Waals surface area contributed by atoms with Gasteiger partial charge in [0.05, 0.1) is 5.69 Å². The first-order valence-corrected chi connectivity index (χ1v) is 5.07. The van der Waals surface area contributed by atoms with Gasteiger partial charge in [-0.3, -0.25) is 4.79 Å². The monoisotopic (exact) mass is 274 g/mol. The van der Waals surface area contributed by atoms with Crippen LogP contribution in [0.4, 0.5) is 10.1 Å². The normalized spacial score (nSPS) is 19.1. The molecule has 1 aromatic rings. The molecule has 4 nitrogen and oxygen atoms in total. The maximum absolute atomic E-state index is 13.4. The van der Waals surface area contributed by atoms with Crippen molar-refractivity contribution >= 4 is 27.5 Å². The predicted molar refractivity (Wildman–Crippen MR) is 56.2 cm³/mol. The molecule has 0 spiro atoms. The van der Waals surface area contributed by atoms with Gasteiger partial charge in [0.15, 0.2) is 17.7 Å². The molecule has 1 aliphatic heterocycles. The molecule has 3 N–H and O–H groups in total. The fraction of sp³-hybridized carbons (Fsp3) is 0.222.